The van der Waals surface area contributed by atoms with Crippen LogP contribution in [0.2, 0.25) is 0 Å². The lowest BCUT2D eigenvalue weighted by atomic mass is 10.1. The van der Waals surface area contributed by atoms with Gasteiger partial charge in [-0.3, -0.25) is 4.79 Å². The standard InChI is InChI=1S/C18H28N2O5S/c1-3-4-13-26(22,23)20-11-9-15(10-12-20)19-18(21)14-25-17-8-6-5-7-16(17)24-2/h5-8,15H,3-4,9-14H2,1-2H3,(H,19,21). The molecule has 26 heavy (non-hydrogen) atoms. The van der Waals surface area contributed by atoms with Crippen LogP contribution in [0, 0.1) is 0 Å². The average Bonchev–Trinajstić information content (AvgIpc) is 2.65. The molecule has 2 rings (SSSR count). The Morgan fingerprint density at radius 2 is 1.88 bits per heavy atom. The van der Waals surface area contributed by atoms with Crippen molar-refractivity contribution in [2.75, 3.05) is 32.6 Å². The summed E-state index contributed by atoms with van der Waals surface area (Å²) >= 11 is 0. The van der Waals surface area contributed by atoms with Gasteiger partial charge in [0, 0.05) is 19.1 Å². The van der Waals surface area contributed by atoms with Crippen molar-refractivity contribution >= 4 is 15.9 Å². The van der Waals surface area contributed by atoms with Crippen molar-refractivity contribution in [3.8, 4) is 11.5 Å². The van der Waals surface area contributed by atoms with Gasteiger partial charge in [-0.05, 0) is 31.4 Å². The van der Waals surface area contributed by atoms with E-state index in [1.807, 2.05) is 19.1 Å². The van der Waals surface area contributed by atoms with Gasteiger partial charge in [0.2, 0.25) is 10.0 Å². The molecule has 1 saturated heterocycles. The molecule has 1 amide bonds. The normalized spacial score (nSPS) is 16.2. The van der Waals surface area contributed by atoms with Crippen molar-refractivity contribution in [2.45, 2.75) is 38.6 Å². The van der Waals surface area contributed by atoms with E-state index in [-0.39, 0.29) is 24.3 Å². The second-order valence-corrected chi connectivity index (χ2v) is 8.44. The number of carbonyl (C=O) groups excluding carboxylic acids is 1. The number of hydrogen-bond donors (Lipinski definition) is 1. The Balaban J connectivity index is 1.76. The number of rotatable bonds is 9. The lowest BCUT2D eigenvalue weighted by Crippen LogP contribution is -2.47. The van der Waals surface area contributed by atoms with Gasteiger partial charge in [0.25, 0.3) is 5.91 Å². The fraction of sp³-hybridized carbons (Fsp3) is 0.611. The third-order valence-corrected chi connectivity index (χ3v) is 6.35. The van der Waals surface area contributed by atoms with Gasteiger partial charge >= 0.3 is 0 Å². The summed E-state index contributed by atoms with van der Waals surface area (Å²) in [6, 6.07) is 7.12. The van der Waals surface area contributed by atoms with E-state index in [0.717, 1.165) is 6.42 Å². The third-order valence-electron chi connectivity index (χ3n) is 4.40. The molecule has 7 nitrogen and oxygen atoms in total. The molecule has 1 N–H and O–H groups in total. The molecule has 1 aromatic carbocycles. The van der Waals surface area contributed by atoms with Crippen LogP contribution in [0.1, 0.15) is 32.6 Å². The van der Waals surface area contributed by atoms with Gasteiger partial charge in [-0.25, -0.2) is 12.7 Å². The molecule has 146 valence electrons. The smallest absolute Gasteiger partial charge is 0.258 e. The summed E-state index contributed by atoms with van der Waals surface area (Å²) in [6.07, 6.45) is 2.77. The Morgan fingerprint density at radius 3 is 2.50 bits per heavy atom. The van der Waals surface area contributed by atoms with Gasteiger partial charge in [-0.15, -0.1) is 0 Å². The number of piperidine rings is 1. The summed E-state index contributed by atoms with van der Waals surface area (Å²) in [6.45, 7) is 2.77. The maximum absolute atomic E-state index is 12.2. The fourth-order valence-electron chi connectivity index (χ4n) is 2.88. The molecule has 0 unspecified atom stereocenters. The van der Waals surface area contributed by atoms with E-state index in [9.17, 15) is 13.2 Å². The predicted molar refractivity (Wildman–Crippen MR) is 99.9 cm³/mol. The molecular formula is C18H28N2O5S. The van der Waals surface area contributed by atoms with Crippen molar-refractivity contribution in [2.24, 2.45) is 0 Å². The van der Waals surface area contributed by atoms with Crippen molar-refractivity contribution < 1.29 is 22.7 Å². The van der Waals surface area contributed by atoms with Gasteiger partial charge in [0.15, 0.2) is 18.1 Å². The van der Waals surface area contributed by atoms with E-state index in [0.29, 0.717) is 43.9 Å². The van der Waals surface area contributed by atoms with Crippen LogP contribution in [-0.4, -0.2) is 57.2 Å². The number of nitrogens with zero attached hydrogens (tertiary/aromatic N) is 1. The number of hydrogen-bond acceptors (Lipinski definition) is 5. The number of carbonyl (C=O) groups is 1. The molecule has 1 heterocycles. The van der Waals surface area contributed by atoms with E-state index < -0.39 is 10.0 Å². The van der Waals surface area contributed by atoms with Crippen LogP contribution in [0.3, 0.4) is 0 Å². The molecular weight excluding hydrogens is 356 g/mol. The second-order valence-electron chi connectivity index (χ2n) is 6.35. The fourth-order valence-corrected chi connectivity index (χ4v) is 4.56. The molecule has 0 aromatic heterocycles. The zero-order chi connectivity index (χ0) is 19.0. The third kappa shape index (κ3) is 5.88. The van der Waals surface area contributed by atoms with Crippen molar-refractivity contribution in [1.82, 2.24) is 9.62 Å². The van der Waals surface area contributed by atoms with Gasteiger partial charge < -0.3 is 14.8 Å². The molecule has 0 aliphatic carbocycles. The zero-order valence-corrected chi connectivity index (χ0v) is 16.3. The summed E-state index contributed by atoms with van der Waals surface area (Å²) in [5, 5.41) is 2.92. The van der Waals surface area contributed by atoms with E-state index in [1.165, 1.54) is 4.31 Å². The Morgan fingerprint density at radius 1 is 1.23 bits per heavy atom. The Hall–Kier alpha value is -1.80. The molecule has 8 heteroatoms. The van der Waals surface area contributed by atoms with Crippen LogP contribution >= 0.6 is 0 Å². The highest BCUT2D eigenvalue weighted by molar-refractivity contribution is 7.89. The highest BCUT2D eigenvalue weighted by atomic mass is 32.2. The van der Waals surface area contributed by atoms with Crippen LogP contribution < -0.4 is 14.8 Å². The van der Waals surface area contributed by atoms with Gasteiger partial charge in [-0.1, -0.05) is 25.5 Å². The topological polar surface area (TPSA) is 84.9 Å². The summed E-state index contributed by atoms with van der Waals surface area (Å²) < 4.78 is 36.6. The van der Waals surface area contributed by atoms with Gasteiger partial charge in [-0.2, -0.15) is 0 Å². The van der Waals surface area contributed by atoms with E-state index in [2.05, 4.69) is 5.32 Å². The number of para-hydroxylation sites is 2. The first kappa shape index (κ1) is 20.5. The molecule has 0 radical (unpaired) electrons. The molecule has 1 aliphatic rings. The number of amides is 1. The molecule has 0 bridgehead atoms. The van der Waals surface area contributed by atoms with Crippen LogP contribution in [-0.2, 0) is 14.8 Å². The molecule has 1 aromatic rings. The quantitative estimate of drug-likeness (QED) is 0.702. The van der Waals surface area contributed by atoms with E-state index in [4.69, 9.17) is 9.47 Å². The average molecular weight is 384 g/mol. The van der Waals surface area contributed by atoms with Crippen molar-refractivity contribution in [3.63, 3.8) is 0 Å². The first-order valence-corrected chi connectivity index (χ1v) is 10.6. The molecule has 0 spiro atoms. The predicted octanol–water partition coefficient (Wildman–Crippen LogP) is 1.78. The van der Waals surface area contributed by atoms with Crippen LogP contribution in [0.25, 0.3) is 0 Å². The molecule has 0 atom stereocenters. The SMILES string of the molecule is CCCCS(=O)(=O)N1CCC(NC(=O)COc2ccccc2OC)CC1. The van der Waals surface area contributed by atoms with Crippen molar-refractivity contribution in [3.05, 3.63) is 24.3 Å². The molecule has 0 saturated carbocycles. The Bertz CT molecular complexity index is 685. The minimum atomic E-state index is -3.17. The second kappa shape index (κ2) is 9.78. The Kier molecular flexibility index (Phi) is 7.71. The summed E-state index contributed by atoms with van der Waals surface area (Å²) in [7, 11) is -1.62. The Labute approximate surface area is 155 Å². The largest absolute Gasteiger partial charge is 0.493 e. The highest BCUT2D eigenvalue weighted by Gasteiger charge is 2.28. The minimum Gasteiger partial charge on any atom is -0.493 e. The minimum absolute atomic E-state index is 0.0265. The monoisotopic (exact) mass is 384 g/mol. The van der Waals surface area contributed by atoms with Crippen LogP contribution in [0.15, 0.2) is 24.3 Å². The summed E-state index contributed by atoms with van der Waals surface area (Å²) in [4.78, 5) is 12.1. The summed E-state index contributed by atoms with van der Waals surface area (Å²) in [5.74, 6) is 1.07. The lowest BCUT2D eigenvalue weighted by Gasteiger charge is -2.31. The number of benzene rings is 1. The van der Waals surface area contributed by atoms with Crippen molar-refractivity contribution in [1.29, 1.82) is 0 Å². The maximum Gasteiger partial charge on any atom is 0.258 e. The number of methoxy groups -OCH3 is 1. The maximum atomic E-state index is 12.2. The number of sulfonamides is 1. The molecule has 1 aliphatic heterocycles. The lowest BCUT2D eigenvalue weighted by molar-refractivity contribution is -0.124. The first-order chi connectivity index (χ1) is 12.5. The number of nitrogens with one attached hydrogen (secondary N) is 1. The van der Waals surface area contributed by atoms with E-state index >= 15 is 0 Å². The van der Waals surface area contributed by atoms with Gasteiger partial charge in [0.1, 0.15) is 0 Å². The van der Waals surface area contributed by atoms with Crippen LogP contribution in [0.4, 0.5) is 0 Å². The highest BCUT2D eigenvalue weighted by Crippen LogP contribution is 2.25. The number of ether oxygens (including phenoxy) is 2. The summed E-state index contributed by atoms with van der Waals surface area (Å²) in [5.41, 5.74) is 0. The number of unbranched alkanes of at least 4 members (excludes halogenated alkanes) is 1. The zero-order valence-electron chi connectivity index (χ0n) is 15.4. The van der Waals surface area contributed by atoms with Crippen LogP contribution in [0.5, 0.6) is 11.5 Å². The molecule has 1 fully saturated rings. The van der Waals surface area contributed by atoms with E-state index in [1.54, 1.807) is 19.2 Å². The first-order valence-electron chi connectivity index (χ1n) is 8.99. The van der Waals surface area contributed by atoms with Gasteiger partial charge in [0.05, 0.1) is 12.9 Å².